The summed E-state index contributed by atoms with van der Waals surface area (Å²) in [6, 6.07) is 4.83. The van der Waals surface area contributed by atoms with Crippen molar-refractivity contribution in [2.24, 2.45) is 0 Å². The number of carbonyl (C=O) groups excluding carboxylic acids is 1. The van der Waals surface area contributed by atoms with Crippen LogP contribution < -0.4 is 5.32 Å². The molecular formula is C16H24FN3O3S. The molecule has 1 aromatic rings. The summed E-state index contributed by atoms with van der Waals surface area (Å²) in [5.74, 6) is -0.842. The van der Waals surface area contributed by atoms with Gasteiger partial charge in [0.2, 0.25) is 5.91 Å². The lowest BCUT2D eigenvalue weighted by molar-refractivity contribution is -0.122. The lowest BCUT2D eigenvalue weighted by Gasteiger charge is -2.37. The fourth-order valence-corrected chi connectivity index (χ4v) is 3.85. The Kier molecular flexibility index (Phi) is 6.31. The summed E-state index contributed by atoms with van der Waals surface area (Å²) >= 11 is 0. The van der Waals surface area contributed by atoms with Crippen LogP contribution in [-0.2, 0) is 14.6 Å². The Balaban J connectivity index is 1.80. The van der Waals surface area contributed by atoms with Gasteiger partial charge in [-0.2, -0.15) is 0 Å². The topological polar surface area (TPSA) is 69.7 Å². The third-order valence-electron chi connectivity index (χ3n) is 4.27. The molecule has 0 saturated carbocycles. The van der Waals surface area contributed by atoms with Crippen LogP contribution in [0.1, 0.15) is 6.42 Å². The number of piperazine rings is 1. The molecule has 0 spiro atoms. The maximum Gasteiger partial charge on any atom is 0.221 e. The number of hydrogen-bond donors (Lipinski definition) is 1. The third kappa shape index (κ3) is 5.25. The van der Waals surface area contributed by atoms with E-state index in [1.807, 2.05) is 14.1 Å². The zero-order valence-corrected chi connectivity index (χ0v) is 14.9. The van der Waals surface area contributed by atoms with Crippen LogP contribution in [0.3, 0.4) is 0 Å². The normalized spacial score (nSPS) is 20.0. The van der Waals surface area contributed by atoms with Crippen LogP contribution in [0.25, 0.3) is 0 Å². The summed E-state index contributed by atoms with van der Waals surface area (Å²) in [6.07, 6.45) is 0.345. The molecule has 1 saturated heterocycles. The van der Waals surface area contributed by atoms with Crippen molar-refractivity contribution < 1.29 is 17.6 Å². The summed E-state index contributed by atoms with van der Waals surface area (Å²) < 4.78 is 37.1. The Labute approximate surface area is 142 Å². The van der Waals surface area contributed by atoms with Crippen molar-refractivity contribution in [2.75, 3.05) is 46.0 Å². The molecule has 1 atom stereocenters. The molecule has 24 heavy (non-hydrogen) atoms. The van der Waals surface area contributed by atoms with E-state index in [0.29, 0.717) is 6.42 Å². The first-order chi connectivity index (χ1) is 11.3. The number of hydrogen-bond acceptors (Lipinski definition) is 5. The zero-order chi connectivity index (χ0) is 17.7. The second-order valence-electron chi connectivity index (χ2n) is 6.22. The summed E-state index contributed by atoms with van der Waals surface area (Å²) in [7, 11) is 0.486. The van der Waals surface area contributed by atoms with E-state index in [-0.39, 0.29) is 29.1 Å². The molecule has 0 radical (unpaired) electrons. The van der Waals surface area contributed by atoms with Crippen LogP contribution in [0, 0.1) is 5.82 Å². The minimum Gasteiger partial charge on any atom is -0.355 e. The molecule has 1 N–H and O–H groups in total. The Bertz CT molecular complexity index is 664. The molecule has 1 amide bonds. The average molecular weight is 357 g/mol. The van der Waals surface area contributed by atoms with Crippen LogP contribution in [-0.4, -0.2) is 76.2 Å². The van der Waals surface area contributed by atoms with E-state index in [0.717, 1.165) is 31.8 Å². The van der Waals surface area contributed by atoms with E-state index in [1.165, 1.54) is 12.1 Å². The first kappa shape index (κ1) is 18.8. The van der Waals surface area contributed by atoms with Gasteiger partial charge < -0.3 is 15.1 Å². The van der Waals surface area contributed by atoms with Crippen molar-refractivity contribution in [3.05, 3.63) is 30.1 Å². The molecule has 1 aromatic carbocycles. The maximum atomic E-state index is 12.9. The van der Waals surface area contributed by atoms with Crippen LogP contribution in [0.4, 0.5) is 4.39 Å². The van der Waals surface area contributed by atoms with Crippen LogP contribution in [0.5, 0.6) is 0 Å². The molecular weight excluding hydrogens is 333 g/mol. The number of carbonyl (C=O) groups is 1. The summed E-state index contributed by atoms with van der Waals surface area (Å²) in [4.78, 5) is 16.4. The van der Waals surface area contributed by atoms with Crippen LogP contribution >= 0.6 is 0 Å². The fraction of sp³-hybridized carbons (Fsp3) is 0.562. The van der Waals surface area contributed by atoms with Gasteiger partial charge in [0.25, 0.3) is 0 Å². The van der Waals surface area contributed by atoms with Gasteiger partial charge in [-0.25, -0.2) is 12.8 Å². The van der Waals surface area contributed by atoms with Crippen molar-refractivity contribution in [3.63, 3.8) is 0 Å². The molecule has 0 bridgehead atoms. The summed E-state index contributed by atoms with van der Waals surface area (Å²) in [5, 5.41) is 2.67. The highest BCUT2D eigenvalue weighted by atomic mass is 32.2. The predicted octanol–water partition coefficient (Wildman–Crippen LogP) is 0.352. The minimum absolute atomic E-state index is 0.0464. The van der Waals surface area contributed by atoms with Gasteiger partial charge in [0.1, 0.15) is 5.82 Å². The van der Waals surface area contributed by atoms with Gasteiger partial charge in [-0.3, -0.25) is 4.79 Å². The predicted molar refractivity (Wildman–Crippen MR) is 90.0 cm³/mol. The van der Waals surface area contributed by atoms with E-state index in [1.54, 1.807) is 0 Å². The molecule has 1 heterocycles. The largest absolute Gasteiger partial charge is 0.355 e. The number of benzene rings is 1. The number of amides is 1. The zero-order valence-electron chi connectivity index (χ0n) is 14.0. The molecule has 2 rings (SSSR count). The van der Waals surface area contributed by atoms with Crippen molar-refractivity contribution in [2.45, 2.75) is 17.4 Å². The van der Waals surface area contributed by atoms with Gasteiger partial charge in [0.15, 0.2) is 9.84 Å². The summed E-state index contributed by atoms with van der Waals surface area (Å²) in [6.45, 7) is 2.75. The van der Waals surface area contributed by atoms with Crippen molar-refractivity contribution >= 4 is 15.7 Å². The monoisotopic (exact) mass is 357 g/mol. The van der Waals surface area contributed by atoms with Gasteiger partial charge in [0, 0.05) is 38.6 Å². The van der Waals surface area contributed by atoms with Crippen LogP contribution in [0.2, 0.25) is 0 Å². The van der Waals surface area contributed by atoms with Gasteiger partial charge in [0.05, 0.1) is 10.6 Å². The Morgan fingerprint density at radius 2 is 1.92 bits per heavy atom. The minimum atomic E-state index is -3.53. The van der Waals surface area contributed by atoms with Gasteiger partial charge in [-0.1, -0.05) is 0 Å². The Morgan fingerprint density at radius 3 is 2.58 bits per heavy atom. The second-order valence-corrected chi connectivity index (χ2v) is 8.33. The SMILES string of the molecule is CN1CCN(C)C(CC(=O)NCCS(=O)(=O)c2ccc(F)cc2)C1. The average Bonchev–Trinajstić information content (AvgIpc) is 2.51. The molecule has 1 aliphatic rings. The number of halogens is 1. The van der Waals surface area contributed by atoms with Gasteiger partial charge >= 0.3 is 0 Å². The standard InChI is InChI=1S/C16H24FN3O3S/c1-19-8-9-20(2)14(12-19)11-16(21)18-7-10-24(22,23)15-5-3-13(17)4-6-15/h3-6,14H,7-12H2,1-2H3,(H,18,21). The molecule has 0 aliphatic carbocycles. The number of nitrogens with zero attached hydrogens (tertiary/aromatic N) is 2. The van der Waals surface area contributed by atoms with E-state index in [2.05, 4.69) is 15.1 Å². The lowest BCUT2D eigenvalue weighted by Crippen LogP contribution is -2.51. The highest BCUT2D eigenvalue weighted by Gasteiger charge is 2.24. The highest BCUT2D eigenvalue weighted by Crippen LogP contribution is 2.12. The Hall–Kier alpha value is -1.51. The van der Waals surface area contributed by atoms with E-state index < -0.39 is 15.7 Å². The molecule has 1 unspecified atom stereocenters. The fourth-order valence-electron chi connectivity index (χ4n) is 2.69. The second kappa shape index (κ2) is 8.04. The van der Waals surface area contributed by atoms with Crippen molar-refractivity contribution in [3.8, 4) is 0 Å². The number of rotatable bonds is 6. The van der Waals surface area contributed by atoms with Gasteiger partial charge in [-0.15, -0.1) is 0 Å². The first-order valence-electron chi connectivity index (χ1n) is 7.92. The smallest absolute Gasteiger partial charge is 0.221 e. The van der Waals surface area contributed by atoms with Crippen molar-refractivity contribution in [1.29, 1.82) is 0 Å². The molecule has 1 fully saturated rings. The molecule has 8 heteroatoms. The van der Waals surface area contributed by atoms with E-state index in [4.69, 9.17) is 0 Å². The molecule has 0 aromatic heterocycles. The molecule has 1 aliphatic heterocycles. The first-order valence-corrected chi connectivity index (χ1v) is 9.57. The van der Waals surface area contributed by atoms with Gasteiger partial charge in [-0.05, 0) is 38.4 Å². The number of likely N-dealkylation sites (N-methyl/N-ethyl adjacent to an activating group) is 2. The van der Waals surface area contributed by atoms with Crippen molar-refractivity contribution in [1.82, 2.24) is 15.1 Å². The Morgan fingerprint density at radius 1 is 1.25 bits per heavy atom. The van der Waals surface area contributed by atoms with E-state index >= 15 is 0 Å². The molecule has 134 valence electrons. The maximum absolute atomic E-state index is 12.9. The number of sulfone groups is 1. The quantitative estimate of drug-likeness (QED) is 0.744. The highest BCUT2D eigenvalue weighted by molar-refractivity contribution is 7.91. The summed E-state index contributed by atoms with van der Waals surface area (Å²) in [5.41, 5.74) is 0. The number of nitrogens with one attached hydrogen (secondary N) is 1. The van der Waals surface area contributed by atoms with E-state index in [9.17, 15) is 17.6 Å². The van der Waals surface area contributed by atoms with Crippen LogP contribution in [0.15, 0.2) is 29.2 Å². The lowest BCUT2D eigenvalue weighted by atomic mass is 10.1. The molecule has 6 nitrogen and oxygen atoms in total. The third-order valence-corrected chi connectivity index (χ3v) is 6.00.